The van der Waals surface area contributed by atoms with E-state index in [1.165, 1.54) is 12.1 Å². The maximum atomic E-state index is 13.1. The minimum absolute atomic E-state index is 0.124. The number of carboxylic acid groups (broad SMARTS) is 1. The lowest BCUT2D eigenvalue weighted by Gasteiger charge is -1.96. The first kappa shape index (κ1) is 9.71. The predicted octanol–water partition coefficient (Wildman–Crippen LogP) is 2.62. The number of rotatable bonds is 1. The Kier molecular flexibility index (Phi) is 2.00. The van der Waals surface area contributed by atoms with Gasteiger partial charge in [0.2, 0.25) is 0 Å². The molecular formula is C11H10FNO2. The first-order valence-corrected chi connectivity index (χ1v) is 4.52. The summed E-state index contributed by atoms with van der Waals surface area (Å²) in [5.74, 6) is -1.37. The van der Waals surface area contributed by atoms with E-state index in [9.17, 15) is 9.18 Å². The molecule has 0 spiro atoms. The summed E-state index contributed by atoms with van der Waals surface area (Å²) in [6.45, 7) is 3.41. The van der Waals surface area contributed by atoms with Crippen LogP contribution >= 0.6 is 0 Å². The fraction of sp³-hybridized carbons (Fsp3) is 0.182. The molecule has 0 saturated heterocycles. The van der Waals surface area contributed by atoms with Gasteiger partial charge in [-0.05, 0) is 37.1 Å². The maximum absolute atomic E-state index is 13.1. The Balaban J connectivity index is 2.88. The molecule has 0 radical (unpaired) electrons. The highest BCUT2D eigenvalue weighted by Gasteiger charge is 2.15. The van der Waals surface area contributed by atoms with Crippen LogP contribution in [0.25, 0.3) is 10.9 Å². The van der Waals surface area contributed by atoms with Gasteiger partial charge in [-0.25, -0.2) is 9.18 Å². The largest absolute Gasteiger partial charge is 0.477 e. The van der Waals surface area contributed by atoms with E-state index in [1.807, 2.05) is 0 Å². The molecule has 0 aliphatic carbocycles. The van der Waals surface area contributed by atoms with E-state index in [0.29, 0.717) is 22.0 Å². The summed E-state index contributed by atoms with van der Waals surface area (Å²) < 4.78 is 13.1. The van der Waals surface area contributed by atoms with Crippen molar-refractivity contribution in [2.24, 2.45) is 0 Å². The lowest BCUT2D eigenvalue weighted by Crippen LogP contribution is -1.98. The molecule has 1 heterocycles. The summed E-state index contributed by atoms with van der Waals surface area (Å²) in [6, 6.07) is 2.73. The predicted molar refractivity (Wildman–Crippen MR) is 54.7 cm³/mol. The number of carbonyl (C=O) groups is 1. The Labute approximate surface area is 85.5 Å². The van der Waals surface area contributed by atoms with Gasteiger partial charge < -0.3 is 10.1 Å². The average molecular weight is 207 g/mol. The minimum Gasteiger partial charge on any atom is -0.477 e. The van der Waals surface area contributed by atoms with Crippen LogP contribution < -0.4 is 0 Å². The van der Waals surface area contributed by atoms with Crippen LogP contribution in [0.1, 0.15) is 21.6 Å². The fourth-order valence-electron chi connectivity index (χ4n) is 1.77. The van der Waals surface area contributed by atoms with Gasteiger partial charge in [0.15, 0.2) is 0 Å². The molecule has 15 heavy (non-hydrogen) atoms. The molecule has 2 N–H and O–H groups in total. The number of benzene rings is 1. The second-order valence-corrected chi connectivity index (χ2v) is 3.58. The van der Waals surface area contributed by atoms with E-state index in [2.05, 4.69) is 4.98 Å². The highest BCUT2D eigenvalue weighted by Crippen LogP contribution is 2.25. The van der Waals surface area contributed by atoms with Gasteiger partial charge in [0.25, 0.3) is 0 Å². The molecule has 0 fully saturated rings. The van der Waals surface area contributed by atoms with Gasteiger partial charge in [-0.15, -0.1) is 0 Å². The van der Waals surface area contributed by atoms with Gasteiger partial charge >= 0.3 is 5.97 Å². The van der Waals surface area contributed by atoms with Crippen molar-refractivity contribution in [1.29, 1.82) is 0 Å². The number of hydrogen-bond donors (Lipinski definition) is 2. The van der Waals surface area contributed by atoms with Crippen LogP contribution in [0.2, 0.25) is 0 Å². The quantitative estimate of drug-likeness (QED) is 0.755. The van der Waals surface area contributed by atoms with Crippen molar-refractivity contribution in [2.45, 2.75) is 13.8 Å². The van der Waals surface area contributed by atoms with Gasteiger partial charge in [-0.2, -0.15) is 0 Å². The second-order valence-electron chi connectivity index (χ2n) is 3.58. The summed E-state index contributed by atoms with van der Waals surface area (Å²) in [6.07, 6.45) is 0. The Morgan fingerprint density at radius 1 is 1.40 bits per heavy atom. The van der Waals surface area contributed by atoms with Crippen LogP contribution in [0.4, 0.5) is 4.39 Å². The van der Waals surface area contributed by atoms with Crippen molar-refractivity contribution in [2.75, 3.05) is 0 Å². The number of hydrogen-bond acceptors (Lipinski definition) is 1. The smallest absolute Gasteiger partial charge is 0.352 e. The number of halogens is 1. The molecular weight excluding hydrogens is 197 g/mol. The number of aromatic amines is 1. The highest BCUT2D eigenvalue weighted by atomic mass is 19.1. The van der Waals surface area contributed by atoms with Gasteiger partial charge in [0, 0.05) is 10.9 Å². The molecule has 0 unspecified atom stereocenters. The summed E-state index contributed by atoms with van der Waals surface area (Å²) in [7, 11) is 0. The Morgan fingerprint density at radius 3 is 2.67 bits per heavy atom. The van der Waals surface area contributed by atoms with Crippen molar-refractivity contribution in [3.63, 3.8) is 0 Å². The summed E-state index contributed by atoms with van der Waals surface area (Å²) in [5, 5.41) is 9.53. The first-order valence-electron chi connectivity index (χ1n) is 4.52. The second kappa shape index (κ2) is 3.08. The van der Waals surface area contributed by atoms with E-state index in [1.54, 1.807) is 13.8 Å². The molecule has 0 aliphatic rings. The SMILES string of the molecule is Cc1c(C(=O)O)[nH]c2c(C)cc(F)cc12. The van der Waals surface area contributed by atoms with Crippen molar-refractivity contribution in [3.05, 3.63) is 34.8 Å². The van der Waals surface area contributed by atoms with Crippen LogP contribution in [0.15, 0.2) is 12.1 Å². The van der Waals surface area contributed by atoms with Gasteiger partial charge in [0.05, 0.1) is 0 Å². The zero-order chi connectivity index (χ0) is 11.2. The van der Waals surface area contributed by atoms with Crippen molar-refractivity contribution in [3.8, 4) is 0 Å². The number of nitrogens with one attached hydrogen (secondary N) is 1. The van der Waals surface area contributed by atoms with Crippen molar-refractivity contribution < 1.29 is 14.3 Å². The van der Waals surface area contributed by atoms with E-state index >= 15 is 0 Å². The number of carboxylic acids is 1. The van der Waals surface area contributed by atoms with Gasteiger partial charge in [0.1, 0.15) is 11.5 Å². The van der Waals surface area contributed by atoms with Gasteiger partial charge in [-0.3, -0.25) is 0 Å². The normalized spacial score (nSPS) is 10.9. The molecule has 2 rings (SSSR count). The molecule has 0 saturated carbocycles. The Morgan fingerprint density at radius 2 is 2.07 bits per heavy atom. The van der Waals surface area contributed by atoms with E-state index in [4.69, 9.17) is 5.11 Å². The van der Waals surface area contributed by atoms with Gasteiger partial charge in [-0.1, -0.05) is 0 Å². The number of aromatic nitrogens is 1. The third-order valence-electron chi connectivity index (χ3n) is 2.54. The molecule has 0 aliphatic heterocycles. The third-order valence-corrected chi connectivity index (χ3v) is 2.54. The lowest BCUT2D eigenvalue weighted by atomic mass is 10.1. The molecule has 0 amide bonds. The summed E-state index contributed by atoms with van der Waals surface area (Å²) in [5.41, 5.74) is 2.09. The zero-order valence-corrected chi connectivity index (χ0v) is 8.39. The van der Waals surface area contributed by atoms with Crippen LogP contribution in [0.5, 0.6) is 0 Å². The van der Waals surface area contributed by atoms with Crippen LogP contribution in [-0.2, 0) is 0 Å². The molecule has 0 atom stereocenters. The molecule has 0 bridgehead atoms. The number of H-pyrrole nitrogens is 1. The van der Waals surface area contributed by atoms with E-state index < -0.39 is 5.97 Å². The third kappa shape index (κ3) is 1.38. The number of fused-ring (bicyclic) bond motifs is 1. The summed E-state index contributed by atoms with van der Waals surface area (Å²) in [4.78, 5) is 13.7. The molecule has 3 nitrogen and oxygen atoms in total. The number of aromatic carboxylic acids is 1. The topological polar surface area (TPSA) is 53.1 Å². The summed E-state index contributed by atoms with van der Waals surface area (Å²) >= 11 is 0. The van der Waals surface area contributed by atoms with Crippen LogP contribution in [0, 0.1) is 19.7 Å². The molecule has 2 aromatic rings. The fourth-order valence-corrected chi connectivity index (χ4v) is 1.77. The number of aryl methyl sites for hydroxylation is 2. The monoisotopic (exact) mass is 207 g/mol. The highest BCUT2D eigenvalue weighted by molar-refractivity contribution is 5.98. The maximum Gasteiger partial charge on any atom is 0.352 e. The van der Waals surface area contributed by atoms with Crippen LogP contribution in [-0.4, -0.2) is 16.1 Å². The first-order chi connectivity index (χ1) is 7.00. The van der Waals surface area contributed by atoms with Crippen molar-refractivity contribution in [1.82, 2.24) is 4.98 Å². The molecule has 4 heteroatoms. The standard InChI is InChI=1S/C11H10FNO2/c1-5-3-7(12)4-8-6(2)10(11(14)15)13-9(5)8/h3-4,13H,1-2H3,(H,14,15). The van der Waals surface area contributed by atoms with E-state index in [0.717, 1.165) is 0 Å². The Hall–Kier alpha value is -1.84. The van der Waals surface area contributed by atoms with E-state index in [-0.39, 0.29) is 11.5 Å². The molecule has 78 valence electrons. The minimum atomic E-state index is -1.02. The molecule has 1 aromatic carbocycles. The van der Waals surface area contributed by atoms with Crippen molar-refractivity contribution >= 4 is 16.9 Å². The zero-order valence-electron chi connectivity index (χ0n) is 8.39. The average Bonchev–Trinajstić information content (AvgIpc) is 2.44. The lowest BCUT2D eigenvalue weighted by molar-refractivity contribution is 0.0691. The van der Waals surface area contributed by atoms with Crippen LogP contribution in [0.3, 0.4) is 0 Å². The Bertz CT molecular complexity index is 557. The molecule has 1 aromatic heterocycles.